The third-order valence-electron chi connectivity index (χ3n) is 2.58. The van der Waals surface area contributed by atoms with Crippen LogP contribution in [-0.2, 0) is 6.42 Å². The Hall–Kier alpha value is -1.13. The van der Waals surface area contributed by atoms with E-state index in [0.29, 0.717) is 4.88 Å². The molecule has 18 heavy (non-hydrogen) atoms. The number of nitrogens with one attached hydrogen (secondary N) is 1. The third-order valence-corrected chi connectivity index (χ3v) is 4.20. The second kappa shape index (κ2) is 6.16. The molecule has 0 aliphatic heterocycles. The van der Waals surface area contributed by atoms with Gasteiger partial charge in [-0.1, -0.05) is 31.5 Å². The van der Waals surface area contributed by atoms with E-state index in [1.54, 1.807) is 0 Å². The molecule has 2 rings (SSSR count). The van der Waals surface area contributed by atoms with E-state index in [2.05, 4.69) is 34.2 Å². The monoisotopic (exact) mass is 323 g/mol. The van der Waals surface area contributed by atoms with E-state index >= 15 is 0 Å². The van der Waals surface area contributed by atoms with Gasteiger partial charge in [0.1, 0.15) is 0 Å². The van der Waals surface area contributed by atoms with Gasteiger partial charge in [0.25, 0.3) is 5.91 Å². The summed E-state index contributed by atoms with van der Waals surface area (Å²) >= 11 is 4.80. The fourth-order valence-corrected chi connectivity index (χ4v) is 3.03. The second-order valence-electron chi connectivity index (χ2n) is 3.97. The maximum atomic E-state index is 12.1. The first-order valence-corrected chi connectivity index (χ1v) is 7.46. The topological polar surface area (TPSA) is 29.1 Å². The van der Waals surface area contributed by atoms with Gasteiger partial charge in [-0.05, 0) is 46.1 Å². The number of hydrogen-bond acceptors (Lipinski definition) is 2. The van der Waals surface area contributed by atoms with Crippen LogP contribution in [0, 0.1) is 0 Å². The van der Waals surface area contributed by atoms with Crippen LogP contribution in [0.1, 0.15) is 28.6 Å². The molecule has 4 heteroatoms. The van der Waals surface area contributed by atoms with Crippen molar-refractivity contribution in [1.29, 1.82) is 0 Å². The van der Waals surface area contributed by atoms with Crippen LogP contribution in [0.5, 0.6) is 0 Å². The lowest BCUT2D eigenvalue weighted by Crippen LogP contribution is -2.11. The number of amides is 1. The van der Waals surface area contributed by atoms with Crippen molar-refractivity contribution >= 4 is 38.9 Å². The number of para-hydroxylation sites is 1. The van der Waals surface area contributed by atoms with Crippen molar-refractivity contribution < 1.29 is 4.79 Å². The number of rotatable bonds is 4. The lowest BCUT2D eigenvalue weighted by molar-refractivity contribution is 0.103. The van der Waals surface area contributed by atoms with Gasteiger partial charge in [0.05, 0.1) is 8.66 Å². The Balaban J connectivity index is 2.16. The first kappa shape index (κ1) is 13.3. The molecule has 0 spiro atoms. The van der Waals surface area contributed by atoms with Gasteiger partial charge in [0.2, 0.25) is 0 Å². The van der Waals surface area contributed by atoms with Crippen LogP contribution in [0.4, 0.5) is 5.69 Å². The van der Waals surface area contributed by atoms with E-state index in [1.165, 1.54) is 16.9 Å². The largest absolute Gasteiger partial charge is 0.321 e. The molecular formula is C14H14BrNOS. The first-order chi connectivity index (χ1) is 8.70. The predicted octanol–water partition coefficient (Wildman–Crippen LogP) is 4.72. The minimum absolute atomic E-state index is 0.0470. The molecule has 2 aromatic rings. The predicted molar refractivity (Wildman–Crippen MR) is 80.4 cm³/mol. The number of aryl methyl sites for hydroxylation is 1. The number of carbonyl (C=O) groups excluding carboxylic acids is 1. The Morgan fingerprint density at radius 2 is 2.06 bits per heavy atom. The van der Waals surface area contributed by atoms with Gasteiger partial charge in [-0.2, -0.15) is 0 Å². The maximum absolute atomic E-state index is 12.1. The zero-order valence-corrected chi connectivity index (χ0v) is 12.5. The highest BCUT2D eigenvalue weighted by molar-refractivity contribution is 9.11. The van der Waals surface area contributed by atoms with E-state index in [9.17, 15) is 4.79 Å². The summed E-state index contributed by atoms with van der Waals surface area (Å²) in [6.07, 6.45) is 2.04. The molecule has 2 nitrogen and oxygen atoms in total. The number of anilines is 1. The van der Waals surface area contributed by atoms with E-state index in [-0.39, 0.29) is 5.91 Å². The Morgan fingerprint density at radius 1 is 1.28 bits per heavy atom. The van der Waals surface area contributed by atoms with Gasteiger partial charge < -0.3 is 5.32 Å². The molecule has 1 amide bonds. The molecule has 1 N–H and O–H groups in total. The Morgan fingerprint density at radius 3 is 2.72 bits per heavy atom. The Labute approximate surface area is 119 Å². The molecule has 0 radical (unpaired) electrons. The molecule has 0 aliphatic rings. The molecule has 0 saturated heterocycles. The average molecular weight is 324 g/mol. The second-order valence-corrected chi connectivity index (χ2v) is 6.43. The van der Waals surface area contributed by atoms with E-state index in [4.69, 9.17) is 0 Å². The fraction of sp³-hybridized carbons (Fsp3) is 0.214. The van der Waals surface area contributed by atoms with Crippen molar-refractivity contribution in [1.82, 2.24) is 0 Å². The SMILES string of the molecule is CCCc1ccccc1NC(=O)c1ccc(Br)s1. The molecule has 0 unspecified atom stereocenters. The van der Waals surface area contributed by atoms with Crippen LogP contribution >= 0.6 is 27.3 Å². The molecule has 1 aromatic heterocycles. The molecule has 0 fully saturated rings. The first-order valence-electron chi connectivity index (χ1n) is 5.85. The minimum Gasteiger partial charge on any atom is -0.321 e. The zero-order chi connectivity index (χ0) is 13.0. The van der Waals surface area contributed by atoms with Gasteiger partial charge in [0, 0.05) is 5.69 Å². The summed E-state index contributed by atoms with van der Waals surface area (Å²) in [7, 11) is 0. The summed E-state index contributed by atoms with van der Waals surface area (Å²) in [5.41, 5.74) is 2.10. The van der Waals surface area contributed by atoms with Crippen molar-refractivity contribution in [3.05, 3.63) is 50.6 Å². The van der Waals surface area contributed by atoms with E-state index in [0.717, 1.165) is 22.3 Å². The molecule has 94 valence electrons. The quantitative estimate of drug-likeness (QED) is 0.866. The molecule has 0 atom stereocenters. The molecule has 1 aromatic carbocycles. The highest BCUT2D eigenvalue weighted by Crippen LogP contribution is 2.24. The summed E-state index contributed by atoms with van der Waals surface area (Å²) in [4.78, 5) is 12.8. The normalized spacial score (nSPS) is 10.3. The van der Waals surface area contributed by atoms with Crippen LogP contribution in [0.3, 0.4) is 0 Å². The van der Waals surface area contributed by atoms with Gasteiger partial charge in [0.15, 0.2) is 0 Å². The average Bonchev–Trinajstić information content (AvgIpc) is 2.79. The van der Waals surface area contributed by atoms with Crippen molar-refractivity contribution in [2.75, 3.05) is 5.32 Å². The Bertz CT molecular complexity index is 550. The summed E-state index contributed by atoms with van der Waals surface area (Å²) in [6, 6.07) is 11.7. The molecule has 0 saturated carbocycles. The molecular weight excluding hydrogens is 310 g/mol. The number of thiophene rings is 1. The van der Waals surface area contributed by atoms with E-state index in [1.807, 2.05) is 30.3 Å². The molecule has 0 aliphatic carbocycles. The lowest BCUT2D eigenvalue weighted by atomic mass is 10.1. The van der Waals surface area contributed by atoms with Gasteiger partial charge in [-0.15, -0.1) is 11.3 Å². The lowest BCUT2D eigenvalue weighted by Gasteiger charge is -2.09. The number of carbonyl (C=O) groups is 1. The number of benzene rings is 1. The van der Waals surface area contributed by atoms with Crippen molar-refractivity contribution in [2.45, 2.75) is 19.8 Å². The van der Waals surface area contributed by atoms with Gasteiger partial charge in [-0.3, -0.25) is 4.79 Å². The van der Waals surface area contributed by atoms with Crippen LogP contribution in [-0.4, -0.2) is 5.91 Å². The van der Waals surface area contributed by atoms with Crippen LogP contribution in [0.2, 0.25) is 0 Å². The zero-order valence-electron chi connectivity index (χ0n) is 10.1. The van der Waals surface area contributed by atoms with Gasteiger partial charge in [-0.25, -0.2) is 0 Å². The van der Waals surface area contributed by atoms with Crippen LogP contribution in [0.25, 0.3) is 0 Å². The standard InChI is InChI=1S/C14H14BrNOS/c1-2-5-10-6-3-4-7-11(10)16-14(17)12-8-9-13(15)18-12/h3-4,6-9H,2,5H2,1H3,(H,16,17). The summed E-state index contributed by atoms with van der Waals surface area (Å²) in [5.74, 6) is -0.0470. The number of hydrogen-bond donors (Lipinski definition) is 1. The smallest absolute Gasteiger partial charge is 0.265 e. The third kappa shape index (κ3) is 3.21. The molecule has 1 heterocycles. The maximum Gasteiger partial charge on any atom is 0.265 e. The fourth-order valence-electron chi connectivity index (χ4n) is 1.75. The number of halogens is 1. The van der Waals surface area contributed by atoms with Gasteiger partial charge >= 0.3 is 0 Å². The van der Waals surface area contributed by atoms with Crippen LogP contribution in [0.15, 0.2) is 40.2 Å². The minimum atomic E-state index is -0.0470. The summed E-state index contributed by atoms with van der Waals surface area (Å²) < 4.78 is 0.967. The van der Waals surface area contributed by atoms with Crippen LogP contribution < -0.4 is 5.32 Å². The summed E-state index contributed by atoms with van der Waals surface area (Å²) in [6.45, 7) is 2.13. The highest BCUT2D eigenvalue weighted by Gasteiger charge is 2.10. The molecule has 0 bridgehead atoms. The van der Waals surface area contributed by atoms with Crippen molar-refractivity contribution in [3.8, 4) is 0 Å². The summed E-state index contributed by atoms with van der Waals surface area (Å²) in [5, 5.41) is 2.98. The van der Waals surface area contributed by atoms with E-state index < -0.39 is 0 Å². The van der Waals surface area contributed by atoms with Crippen molar-refractivity contribution in [3.63, 3.8) is 0 Å². The highest BCUT2D eigenvalue weighted by atomic mass is 79.9. The van der Waals surface area contributed by atoms with Crippen molar-refractivity contribution in [2.24, 2.45) is 0 Å². The Kier molecular flexibility index (Phi) is 4.55.